The average molecular weight is 514 g/mol. The highest BCUT2D eigenvalue weighted by Gasteiger charge is 2.27. The molecule has 1 aliphatic heterocycles. The van der Waals surface area contributed by atoms with Gasteiger partial charge in [0.1, 0.15) is 11.2 Å². The Labute approximate surface area is 222 Å². The van der Waals surface area contributed by atoms with Crippen molar-refractivity contribution in [2.24, 2.45) is 0 Å². The topological polar surface area (TPSA) is 101 Å². The number of piperidine rings is 1. The number of aromatic amines is 1. The summed E-state index contributed by atoms with van der Waals surface area (Å²) in [6, 6.07) is 10.4. The zero-order valence-corrected chi connectivity index (χ0v) is 22.3. The standard InChI is InChI=1S/C29H35N7O2/c1-5-6-15-36-19-22(18-31-36)25-24-11-14-30-26(24)34-27(33-25)32-23-9-7-20(8-10-23)21-12-16-35(17-13-21)28(37)38-29(2,3)4/h5,7-11,14,18-19,21H,1,6,12-13,15-17H2,2-4H3,(H2,30,32,33,34). The van der Waals surface area contributed by atoms with Crippen LogP contribution in [0, 0.1) is 0 Å². The number of amides is 1. The number of hydrogen-bond acceptors (Lipinski definition) is 6. The van der Waals surface area contributed by atoms with Gasteiger partial charge in [0.05, 0.1) is 11.9 Å². The van der Waals surface area contributed by atoms with E-state index in [1.807, 2.05) is 61.1 Å². The van der Waals surface area contributed by atoms with Gasteiger partial charge in [0, 0.05) is 48.7 Å². The van der Waals surface area contributed by atoms with Crippen LogP contribution < -0.4 is 5.32 Å². The lowest BCUT2D eigenvalue weighted by Crippen LogP contribution is -2.41. The number of nitrogens with one attached hydrogen (secondary N) is 2. The number of allylic oxidation sites excluding steroid dienone is 1. The Kier molecular flexibility index (Phi) is 7.18. The molecule has 0 saturated carbocycles. The zero-order chi connectivity index (χ0) is 26.7. The molecule has 0 spiro atoms. The maximum Gasteiger partial charge on any atom is 0.410 e. The van der Waals surface area contributed by atoms with Crippen molar-refractivity contribution >= 4 is 28.8 Å². The first-order valence-corrected chi connectivity index (χ1v) is 13.1. The molecule has 1 saturated heterocycles. The fourth-order valence-electron chi connectivity index (χ4n) is 4.74. The molecule has 9 nitrogen and oxygen atoms in total. The lowest BCUT2D eigenvalue weighted by molar-refractivity contribution is 0.0205. The number of nitrogens with zero attached hydrogens (tertiary/aromatic N) is 5. The second-order valence-corrected chi connectivity index (χ2v) is 10.7. The molecule has 198 valence electrons. The predicted molar refractivity (Wildman–Crippen MR) is 149 cm³/mol. The van der Waals surface area contributed by atoms with Crippen LogP contribution in [-0.4, -0.2) is 54.4 Å². The van der Waals surface area contributed by atoms with Crippen LogP contribution in [0.1, 0.15) is 51.5 Å². The summed E-state index contributed by atoms with van der Waals surface area (Å²) in [7, 11) is 0. The summed E-state index contributed by atoms with van der Waals surface area (Å²) >= 11 is 0. The third-order valence-electron chi connectivity index (χ3n) is 6.67. The molecule has 1 amide bonds. The van der Waals surface area contributed by atoms with E-state index in [2.05, 4.69) is 51.2 Å². The third kappa shape index (κ3) is 5.88. The highest BCUT2D eigenvalue weighted by molar-refractivity contribution is 5.91. The molecule has 1 fully saturated rings. The maximum absolute atomic E-state index is 12.4. The van der Waals surface area contributed by atoms with E-state index >= 15 is 0 Å². The smallest absolute Gasteiger partial charge is 0.410 e. The maximum atomic E-state index is 12.4. The SMILES string of the molecule is C=CCCn1cc(-c2nc(Nc3ccc(C4CCN(C(=O)OC(C)(C)C)CC4)cc3)nc3[nH]ccc23)cn1. The summed E-state index contributed by atoms with van der Waals surface area (Å²) in [5, 5.41) is 8.78. The summed E-state index contributed by atoms with van der Waals surface area (Å²) in [4.78, 5) is 26.9. The first-order valence-electron chi connectivity index (χ1n) is 13.1. The fraction of sp³-hybridized carbons (Fsp3) is 0.379. The van der Waals surface area contributed by atoms with E-state index in [0.717, 1.165) is 53.8 Å². The van der Waals surface area contributed by atoms with Crippen molar-refractivity contribution in [3.05, 3.63) is 67.1 Å². The van der Waals surface area contributed by atoms with Crippen LogP contribution in [0.5, 0.6) is 0 Å². The van der Waals surface area contributed by atoms with E-state index in [1.165, 1.54) is 5.56 Å². The van der Waals surface area contributed by atoms with E-state index in [4.69, 9.17) is 9.72 Å². The van der Waals surface area contributed by atoms with Crippen molar-refractivity contribution in [2.45, 2.75) is 58.1 Å². The highest BCUT2D eigenvalue weighted by Crippen LogP contribution is 2.31. The lowest BCUT2D eigenvalue weighted by Gasteiger charge is -2.33. The van der Waals surface area contributed by atoms with E-state index in [-0.39, 0.29) is 6.09 Å². The molecule has 4 heterocycles. The molecule has 0 aliphatic carbocycles. The molecule has 38 heavy (non-hydrogen) atoms. The van der Waals surface area contributed by atoms with Crippen molar-refractivity contribution in [2.75, 3.05) is 18.4 Å². The second kappa shape index (κ2) is 10.7. The van der Waals surface area contributed by atoms with Crippen LogP contribution in [0.2, 0.25) is 0 Å². The van der Waals surface area contributed by atoms with Gasteiger partial charge in [-0.15, -0.1) is 6.58 Å². The van der Waals surface area contributed by atoms with Crippen LogP contribution >= 0.6 is 0 Å². The van der Waals surface area contributed by atoms with Gasteiger partial charge in [-0.3, -0.25) is 4.68 Å². The van der Waals surface area contributed by atoms with E-state index < -0.39 is 5.60 Å². The summed E-state index contributed by atoms with van der Waals surface area (Å²) < 4.78 is 7.43. The minimum atomic E-state index is -0.472. The van der Waals surface area contributed by atoms with Gasteiger partial charge >= 0.3 is 6.09 Å². The normalized spacial score (nSPS) is 14.6. The molecule has 0 bridgehead atoms. The van der Waals surface area contributed by atoms with Crippen LogP contribution in [0.3, 0.4) is 0 Å². The zero-order valence-electron chi connectivity index (χ0n) is 22.3. The molecule has 9 heteroatoms. The molecule has 0 atom stereocenters. The van der Waals surface area contributed by atoms with Gasteiger partial charge in [-0.05, 0) is 69.7 Å². The first-order chi connectivity index (χ1) is 18.3. The Morgan fingerprint density at radius 2 is 1.95 bits per heavy atom. The van der Waals surface area contributed by atoms with E-state index in [9.17, 15) is 4.79 Å². The first kappa shape index (κ1) is 25.5. The molecule has 5 rings (SSSR count). The summed E-state index contributed by atoms with van der Waals surface area (Å²) in [5.74, 6) is 0.936. The number of rotatable bonds is 7. The van der Waals surface area contributed by atoms with Crippen LogP contribution in [0.4, 0.5) is 16.4 Å². The molecule has 2 N–H and O–H groups in total. The molecular formula is C29H35N7O2. The van der Waals surface area contributed by atoms with Gasteiger partial charge in [0.25, 0.3) is 0 Å². The minimum absolute atomic E-state index is 0.224. The molecule has 4 aromatic rings. The number of fused-ring (bicyclic) bond motifs is 1. The quantitative estimate of drug-likeness (QED) is 0.283. The van der Waals surface area contributed by atoms with Crippen molar-refractivity contribution in [3.63, 3.8) is 0 Å². The van der Waals surface area contributed by atoms with E-state index in [0.29, 0.717) is 25.0 Å². The average Bonchev–Trinajstić information content (AvgIpc) is 3.56. The number of H-pyrrole nitrogens is 1. The third-order valence-corrected chi connectivity index (χ3v) is 6.67. The second-order valence-electron chi connectivity index (χ2n) is 10.7. The number of carbonyl (C=O) groups is 1. The number of carbonyl (C=O) groups excluding carboxylic acids is 1. The number of aryl methyl sites for hydroxylation is 1. The highest BCUT2D eigenvalue weighted by atomic mass is 16.6. The van der Waals surface area contributed by atoms with Crippen molar-refractivity contribution < 1.29 is 9.53 Å². The van der Waals surface area contributed by atoms with Crippen molar-refractivity contribution in [1.29, 1.82) is 0 Å². The Morgan fingerprint density at radius 3 is 2.66 bits per heavy atom. The largest absolute Gasteiger partial charge is 0.444 e. The van der Waals surface area contributed by atoms with E-state index in [1.54, 1.807) is 0 Å². The Bertz CT molecular complexity index is 1410. The summed E-state index contributed by atoms with van der Waals surface area (Å²) in [5.41, 5.74) is 4.25. The predicted octanol–water partition coefficient (Wildman–Crippen LogP) is 6.26. The number of likely N-dealkylation sites (tertiary alicyclic amines) is 1. The van der Waals surface area contributed by atoms with Crippen LogP contribution in [0.15, 0.2) is 61.6 Å². The molecule has 1 aliphatic rings. The summed E-state index contributed by atoms with van der Waals surface area (Å²) in [6.07, 6.45) is 10.1. The van der Waals surface area contributed by atoms with Gasteiger partial charge in [0.15, 0.2) is 0 Å². The van der Waals surface area contributed by atoms with Gasteiger partial charge in [-0.25, -0.2) is 9.78 Å². The molecule has 0 radical (unpaired) electrons. The Morgan fingerprint density at radius 1 is 1.18 bits per heavy atom. The van der Waals surface area contributed by atoms with Gasteiger partial charge in [-0.1, -0.05) is 18.2 Å². The Hall–Kier alpha value is -4.14. The summed E-state index contributed by atoms with van der Waals surface area (Å²) in [6.45, 7) is 11.7. The molecular weight excluding hydrogens is 478 g/mol. The van der Waals surface area contributed by atoms with Crippen molar-refractivity contribution in [3.8, 4) is 11.3 Å². The molecule has 1 aromatic carbocycles. The van der Waals surface area contributed by atoms with Gasteiger partial charge < -0.3 is 19.9 Å². The van der Waals surface area contributed by atoms with Crippen LogP contribution in [-0.2, 0) is 11.3 Å². The Balaban J connectivity index is 1.26. The van der Waals surface area contributed by atoms with Crippen LogP contribution in [0.25, 0.3) is 22.3 Å². The number of benzene rings is 1. The number of anilines is 2. The molecule has 3 aromatic heterocycles. The number of hydrogen-bond donors (Lipinski definition) is 2. The number of aromatic nitrogens is 5. The fourth-order valence-corrected chi connectivity index (χ4v) is 4.74. The monoisotopic (exact) mass is 513 g/mol. The molecule has 0 unspecified atom stereocenters. The lowest BCUT2D eigenvalue weighted by atomic mass is 9.89. The minimum Gasteiger partial charge on any atom is -0.444 e. The van der Waals surface area contributed by atoms with Gasteiger partial charge in [-0.2, -0.15) is 10.1 Å². The number of ether oxygens (including phenoxy) is 1. The van der Waals surface area contributed by atoms with Gasteiger partial charge in [0.2, 0.25) is 5.95 Å². The van der Waals surface area contributed by atoms with Crippen molar-refractivity contribution in [1.82, 2.24) is 29.6 Å².